The Balaban J connectivity index is 1.67. The second kappa shape index (κ2) is 8.54. The van der Waals surface area contributed by atoms with Crippen LogP contribution >= 0.6 is 10.9 Å². The molecule has 0 aliphatic carbocycles. The number of carbonyl (C=O) groups is 1. The molecule has 154 valence electrons. The Morgan fingerprint density at radius 3 is 2.63 bits per heavy atom. The van der Waals surface area contributed by atoms with Gasteiger partial charge in [-0.2, -0.15) is 5.10 Å². The van der Waals surface area contributed by atoms with Gasteiger partial charge in [0, 0.05) is 29.3 Å². The van der Waals surface area contributed by atoms with Gasteiger partial charge in [-0.3, -0.25) is 9.89 Å². The van der Waals surface area contributed by atoms with Gasteiger partial charge in [0.2, 0.25) is 5.91 Å². The van der Waals surface area contributed by atoms with Gasteiger partial charge in [0.25, 0.3) is 0 Å². The van der Waals surface area contributed by atoms with Crippen molar-refractivity contribution in [1.82, 2.24) is 25.5 Å². The summed E-state index contributed by atoms with van der Waals surface area (Å²) in [6.45, 7) is 5.67. The highest BCUT2D eigenvalue weighted by molar-refractivity contribution is 8.22. The minimum Gasteiger partial charge on any atom is -0.325 e. The number of benzene rings is 1. The van der Waals surface area contributed by atoms with E-state index in [1.54, 1.807) is 0 Å². The lowest BCUT2D eigenvalue weighted by Crippen LogP contribution is -2.25. The molecule has 2 aromatic heterocycles. The van der Waals surface area contributed by atoms with Gasteiger partial charge in [-0.05, 0) is 23.8 Å². The van der Waals surface area contributed by atoms with Crippen LogP contribution in [0.25, 0.3) is 11.3 Å². The van der Waals surface area contributed by atoms with Crippen LogP contribution in [0.2, 0.25) is 0 Å². The van der Waals surface area contributed by atoms with Crippen molar-refractivity contribution >= 4 is 28.4 Å². The van der Waals surface area contributed by atoms with Gasteiger partial charge < -0.3 is 10.6 Å². The molecule has 3 aromatic rings. The summed E-state index contributed by atoms with van der Waals surface area (Å²) < 4.78 is 0. The van der Waals surface area contributed by atoms with Crippen LogP contribution in [0.5, 0.6) is 0 Å². The van der Waals surface area contributed by atoms with E-state index in [2.05, 4.69) is 26.2 Å². The number of carbonyl (C=O) groups excluding carboxylic acids is 1. The summed E-state index contributed by atoms with van der Waals surface area (Å²) in [5.74, 6) is 1.38. The number of allylic oxidation sites excluding steroid dienone is 1. The number of aromatic nitrogens is 4. The number of aryl methyl sites for hydroxylation is 1. The highest BCUT2D eigenvalue weighted by Crippen LogP contribution is 2.42. The van der Waals surface area contributed by atoms with Gasteiger partial charge in [-0.1, -0.05) is 44.2 Å². The quantitative estimate of drug-likeness (QED) is 0.350. The first-order valence-electron chi connectivity index (χ1n) is 9.71. The molecule has 1 atom stereocenters. The van der Waals surface area contributed by atoms with Gasteiger partial charge in [0.05, 0.1) is 11.4 Å². The molecule has 0 fully saturated rings. The molecule has 7 nitrogen and oxygen atoms in total. The summed E-state index contributed by atoms with van der Waals surface area (Å²) >= 11 is 0. The third-order valence-electron chi connectivity index (χ3n) is 4.47. The average Bonchev–Trinajstić information content (AvgIpc) is 3.37. The lowest BCUT2D eigenvalue weighted by atomic mass is 10.1. The van der Waals surface area contributed by atoms with Crippen molar-refractivity contribution in [3.8, 4) is 11.3 Å². The summed E-state index contributed by atoms with van der Waals surface area (Å²) in [4.78, 5) is 21.6. The number of H-pyrrole nitrogens is 1. The zero-order valence-electron chi connectivity index (χ0n) is 17.0. The molecular weight excluding hydrogens is 396 g/mol. The van der Waals surface area contributed by atoms with Crippen LogP contribution in [0, 0.1) is 12.8 Å². The zero-order chi connectivity index (χ0) is 21.1. The Bertz CT molecular complexity index is 1120. The smallest absolute Gasteiger partial charge is 0.226 e. The normalized spacial score (nSPS) is 16.5. The Hall–Kier alpha value is -3.39. The van der Waals surface area contributed by atoms with Crippen molar-refractivity contribution in [2.45, 2.75) is 25.9 Å². The van der Waals surface area contributed by atoms with E-state index in [9.17, 15) is 4.79 Å². The Labute approximate surface area is 178 Å². The molecule has 1 unspecified atom stereocenters. The molecule has 0 radical (unpaired) electrons. The summed E-state index contributed by atoms with van der Waals surface area (Å²) in [5.41, 5.74) is 3.54. The summed E-state index contributed by atoms with van der Waals surface area (Å²) in [6.07, 6.45) is 1.93. The third-order valence-corrected chi connectivity index (χ3v) is 6.16. The number of hydrogen-bond acceptors (Lipinski definition) is 5. The van der Waals surface area contributed by atoms with Crippen LogP contribution in [-0.4, -0.2) is 26.1 Å². The van der Waals surface area contributed by atoms with Crippen molar-refractivity contribution < 1.29 is 4.79 Å². The first-order chi connectivity index (χ1) is 14.5. The molecule has 0 saturated heterocycles. The van der Waals surface area contributed by atoms with Gasteiger partial charge in [0.1, 0.15) is 11.6 Å². The molecule has 0 saturated carbocycles. The summed E-state index contributed by atoms with van der Waals surface area (Å²) in [5, 5.41) is 18.1. The molecule has 3 heterocycles. The molecule has 0 bridgehead atoms. The van der Waals surface area contributed by atoms with E-state index < -0.39 is 10.9 Å². The van der Waals surface area contributed by atoms with E-state index >= 15 is 0 Å². The lowest BCUT2D eigenvalue weighted by Gasteiger charge is -2.13. The molecule has 1 amide bonds. The SMILES string of the molecule is Cc1cc(Nc2cc(-c3ccccc3)nc([SH]3C=CC(NC(=O)C(C)C)=C3)n2)[nH]n1. The summed E-state index contributed by atoms with van der Waals surface area (Å²) in [7, 11) is -0.867. The Kier molecular flexibility index (Phi) is 5.67. The molecule has 0 spiro atoms. The fourth-order valence-electron chi connectivity index (χ4n) is 2.88. The van der Waals surface area contributed by atoms with Gasteiger partial charge >= 0.3 is 0 Å². The van der Waals surface area contributed by atoms with Crippen LogP contribution < -0.4 is 10.6 Å². The van der Waals surface area contributed by atoms with Crippen LogP contribution in [0.4, 0.5) is 11.6 Å². The Morgan fingerprint density at radius 2 is 1.93 bits per heavy atom. The molecule has 8 heteroatoms. The highest BCUT2D eigenvalue weighted by Gasteiger charge is 2.17. The van der Waals surface area contributed by atoms with Crippen molar-refractivity contribution in [3.63, 3.8) is 0 Å². The molecule has 30 heavy (non-hydrogen) atoms. The number of amides is 1. The first-order valence-corrected chi connectivity index (χ1v) is 11.2. The number of nitrogens with zero attached hydrogens (tertiary/aromatic N) is 3. The molecule has 1 aliphatic rings. The van der Waals surface area contributed by atoms with Crippen LogP contribution in [0.1, 0.15) is 19.5 Å². The minimum atomic E-state index is -0.867. The van der Waals surface area contributed by atoms with Gasteiger partial charge in [-0.25, -0.2) is 9.97 Å². The molecular formula is C22H24N6OS. The van der Waals surface area contributed by atoms with Gasteiger partial charge in [-0.15, -0.1) is 10.9 Å². The number of thiol groups is 1. The monoisotopic (exact) mass is 420 g/mol. The molecule has 3 N–H and O–H groups in total. The third kappa shape index (κ3) is 4.60. The predicted molar refractivity (Wildman–Crippen MR) is 122 cm³/mol. The molecule has 1 aliphatic heterocycles. The standard InChI is InChI=1S/C22H24N6OS/c1-14(2)21(29)23-17-9-10-30(13-17)22-24-18(16-7-5-4-6-8-16)12-19(26-22)25-20-11-15(3)27-28-20/h4-14,30H,1-3H3,(H,23,29)(H2,24,25,26,27,28). The van der Waals surface area contributed by atoms with E-state index in [-0.39, 0.29) is 11.8 Å². The summed E-state index contributed by atoms with van der Waals surface area (Å²) in [6, 6.07) is 13.9. The van der Waals surface area contributed by atoms with Crippen LogP contribution in [0.3, 0.4) is 0 Å². The van der Waals surface area contributed by atoms with E-state index in [0.29, 0.717) is 5.82 Å². The van der Waals surface area contributed by atoms with Crippen molar-refractivity contribution in [2.75, 3.05) is 5.32 Å². The van der Waals surface area contributed by atoms with E-state index in [1.165, 1.54) is 0 Å². The number of anilines is 2. The van der Waals surface area contributed by atoms with Crippen LogP contribution in [0.15, 0.2) is 70.2 Å². The average molecular weight is 421 g/mol. The van der Waals surface area contributed by atoms with Crippen molar-refractivity contribution in [1.29, 1.82) is 0 Å². The van der Waals surface area contributed by atoms with Crippen molar-refractivity contribution in [3.05, 3.63) is 70.7 Å². The molecule has 4 rings (SSSR count). The van der Waals surface area contributed by atoms with E-state index in [4.69, 9.17) is 9.97 Å². The zero-order valence-corrected chi connectivity index (χ0v) is 17.9. The Morgan fingerprint density at radius 1 is 1.13 bits per heavy atom. The second-order valence-electron chi connectivity index (χ2n) is 7.30. The fraction of sp³-hybridized carbons (Fsp3) is 0.182. The van der Waals surface area contributed by atoms with E-state index in [0.717, 1.165) is 33.6 Å². The van der Waals surface area contributed by atoms with E-state index in [1.807, 2.05) is 74.7 Å². The number of rotatable bonds is 6. The lowest BCUT2D eigenvalue weighted by molar-refractivity contribution is -0.123. The maximum Gasteiger partial charge on any atom is 0.226 e. The van der Waals surface area contributed by atoms with Crippen LogP contribution in [-0.2, 0) is 4.79 Å². The predicted octanol–water partition coefficient (Wildman–Crippen LogP) is 4.42. The highest BCUT2D eigenvalue weighted by atomic mass is 32.2. The maximum atomic E-state index is 12.0. The van der Waals surface area contributed by atoms with Gasteiger partial charge in [0.15, 0.2) is 5.16 Å². The minimum absolute atomic E-state index is 0.00123. The number of nitrogens with one attached hydrogen (secondary N) is 3. The van der Waals surface area contributed by atoms with Crippen molar-refractivity contribution in [2.24, 2.45) is 5.92 Å². The first kappa shape index (κ1) is 19.9. The number of aromatic amines is 1. The molecule has 1 aromatic carbocycles. The second-order valence-corrected chi connectivity index (χ2v) is 9.07. The fourth-order valence-corrected chi connectivity index (χ4v) is 4.43. The largest absolute Gasteiger partial charge is 0.325 e. The topological polar surface area (TPSA) is 95.6 Å². The number of hydrogen-bond donors (Lipinski definition) is 4. The maximum absolute atomic E-state index is 12.0.